The molecule has 1 N–H and O–H groups in total. The van der Waals surface area contributed by atoms with Crippen LogP contribution in [0.25, 0.3) is 0 Å². The molecule has 2 amide bonds. The maximum Gasteiger partial charge on any atom is 0.387 e. The van der Waals surface area contributed by atoms with E-state index < -0.39 is 6.61 Å². The number of ether oxygens (including phenoxy) is 2. The molecule has 10 heteroatoms. The van der Waals surface area contributed by atoms with Crippen molar-refractivity contribution >= 4 is 33.3 Å². The van der Waals surface area contributed by atoms with E-state index in [0.29, 0.717) is 13.1 Å². The van der Waals surface area contributed by atoms with Gasteiger partial charge >= 0.3 is 12.6 Å². The van der Waals surface area contributed by atoms with E-state index in [1.807, 2.05) is 6.07 Å². The Morgan fingerprint density at radius 2 is 1.97 bits per heavy atom. The first-order chi connectivity index (χ1) is 13.9. The van der Waals surface area contributed by atoms with Crippen molar-refractivity contribution in [3.05, 3.63) is 44.6 Å². The van der Waals surface area contributed by atoms with Crippen LogP contribution in [-0.2, 0) is 13.1 Å². The predicted octanol–water partition coefficient (Wildman–Crippen LogP) is 4.15. The molecule has 3 rings (SSSR count). The number of piperazine rings is 1. The number of amides is 2. The molecule has 0 saturated carbocycles. The van der Waals surface area contributed by atoms with Crippen LogP contribution < -0.4 is 14.8 Å². The highest BCUT2D eigenvalue weighted by Crippen LogP contribution is 2.29. The number of carbonyl (C=O) groups excluding carboxylic acids is 1. The van der Waals surface area contributed by atoms with Crippen molar-refractivity contribution < 1.29 is 23.0 Å². The Morgan fingerprint density at radius 1 is 1.21 bits per heavy atom. The van der Waals surface area contributed by atoms with Crippen LogP contribution in [0.2, 0.25) is 0 Å². The largest absolute Gasteiger partial charge is 0.493 e. The number of thiophene rings is 1. The minimum absolute atomic E-state index is 0.0357. The SMILES string of the molecule is COc1cc(CNC(=O)N2CCN(Cc3ccc(Br)s3)CC2)ccc1OC(F)F. The summed E-state index contributed by atoms with van der Waals surface area (Å²) in [7, 11) is 1.38. The van der Waals surface area contributed by atoms with Gasteiger partial charge in [-0.05, 0) is 45.8 Å². The van der Waals surface area contributed by atoms with Crippen molar-refractivity contribution in [2.24, 2.45) is 0 Å². The number of nitrogens with one attached hydrogen (secondary N) is 1. The number of hydrogen-bond donors (Lipinski definition) is 1. The molecule has 1 fully saturated rings. The normalized spacial score (nSPS) is 14.9. The third kappa shape index (κ3) is 6.28. The highest BCUT2D eigenvalue weighted by atomic mass is 79.9. The Kier molecular flexibility index (Phi) is 7.68. The van der Waals surface area contributed by atoms with Gasteiger partial charge in [-0.15, -0.1) is 11.3 Å². The lowest BCUT2D eigenvalue weighted by Gasteiger charge is -2.34. The van der Waals surface area contributed by atoms with Gasteiger partial charge in [-0.25, -0.2) is 4.79 Å². The number of benzene rings is 1. The van der Waals surface area contributed by atoms with E-state index in [1.54, 1.807) is 28.4 Å². The zero-order valence-electron chi connectivity index (χ0n) is 15.9. The fraction of sp³-hybridized carbons (Fsp3) is 0.421. The second-order valence-corrected chi connectivity index (χ2v) is 9.04. The Bertz CT molecular complexity index is 829. The molecule has 1 aromatic heterocycles. The second-order valence-electron chi connectivity index (χ2n) is 6.49. The minimum Gasteiger partial charge on any atom is -0.493 e. The van der Waals surface area contributed by atoms with Crippen LogP contribution in [0.3, 0.4) is 0 Å². The van der Waals surface area contributed by atoms with Crippen LogP contribution in [0.15, 0.2) is 34.1 Å². The molecule has 0 atom stereocenters. The Balaban J connectivity index is 1.46. The van der Waals surface area contributed by atoms with Crippen LogP contribution in [0.4, 0.5) is 13.6 Å². The van der Waals surface area contributed by atoms with Crippen molar-refractivity contribution in [2.45, 2.75) is 19.7 Å². The summed E-state index contributed by atoms with van der Waals surface area (Å²) in [6.07, 6.45) is 0. The summed E-state index contributed by atoms with van der Waals surface area (Å²) in [6, 6.07) is 8.63. The summed E-state index contributed by atoms with van der Waals surface area (Å²) in [5.74, 6) is 0.164. The van der Waals surface area contributed by atoms with Gasteiger partial charge < -0.3 is 19.7 Å². The average molecular weight is 490 g/mol. The molecule has 2 aromatic rings. The molecule has 0 radical (unpaired) electrons. The molecule has 1 aromatic carbocycles. The molecular weight excluding hydrogens is 468 g/mol. The molecule has 0 bridgehead atoms. The van der Waals surface area contributed by atoms with Gasteiger partial charge in [0, 0.05) is 44.1 Å². The van der Waals surface area contributed by atoms with Gasteiger partial charge in [-0.2, -0.15) is 8.78 Å². The Morgan fingerprint density at radius 3 is 2.59 bits per heavy atom. The van der Waals surface area contributed by atoms with Crippen LogP contribution in [-0.4, -0.2) is 55.7 Å². The van der Waals surface area contributed by atoms with Crippen LogP contribution in [0.5, 0.6) is 11.5 Å². The highest BCUT2D eigenvalue weighted by molar-refractivity contribution is 9.11. The van der Waals surface area contributed by atoms with E-state index in [4.69, 9.17) is 4.74 Å². The zero-order valence-corrected chi connectivity index (χ0v) is 18.3. The first kappa shape index (κ1) is 21.8. The van der Waals surface area contributed by atoms with Crippen molar-refractivity contribution in [3.8, 4) is 11.5 Å². The molecule has 2 heterocycles. The molecule has 0 aliphatic carbocycles. The van der Waals surface area contributed by atoms with Crippen molar-refractivity contribution in [1.29, 1.82) is 0 Å². The molecule has 158 valence electrons. The number of hydrogen-bond acceptors (Lipinski definition) is 5. The molecule has 0 spiro atoms. The monoisotopic (exact) mass is 489 g/mol. The zero-order chi connectivity index (χ0) is 20.8. The summed E-state index contributed by atoms with van der Waals surface area (Å²) in [5.41, 5.74) is 0.735. The van der Waals surface area contributed by atoms with Gasteiger partial charge in [-0.1, -0.05) is 6.07 Å². The summed E-state index contributed by atoms with van der Waals surface area (Å²) in [4.78, 5) is 17.9. The maximum absolute atomic E-state index is 12.4. The van der Waals surface area contributed by atoms with Crippen molar-refractivity contribution in [2.75, 3.05) is 33.3 Å². The van der Waals surface area contributed by atoms with Crippen LogP contribution >= 0.6 is 27.3 Å². The number of carbonyl (C=O) groups is 1. The average Bonchev–Trinajstić information content (AvgIpc) is 3.11. The van der Waals surface area contributed by atoms with Crippen LogP contribution in [0.1, 0.15) is 10.4 Å². The van der Waals surface area contributed by atoms with E-state index in [2.05, 4.69) is 36.9 Å². The standard InChI is InChI=1S/C19H22BrF2N3O3S/c1-27-16-10-13(2-4-15(16)28-18(21)22)11-23-19(26)25-8-6-24(7-9-25)12-14-3-5-17(20)29-14/h2-5,10,18H,6-9,11-12H2,1H3,(H,23,26). The van der Waals surface area contributed by atoms with E-state index in [9.17, 15) is 13.6 Å². The Labute approximate surface area is 180 Å². The smallest absolute Gasteiger partial charge is 0.387 e. The van der Waals surface area contributed by atoms with Gasteiger partial charge in [0.1, 0.15) is 0 Å². The second kappa shape index (κ2) is 10.2. The lowest BCUT2D eigenvalue weighted by atomic mass is 10.2. The highest BCUT2D eigenvalue weighted by Gasteiger charge is 2.21. The lowest BCUT2D eigenvalue weighted by molar-refractivity contribution is -0.0512. The van der Waals surface area contributed by atoms with E-state index >= 15 is 0 Å². The number of urea groups is 1. The summed E-state index contributed by atoms with van der Waals surface area (Å²) in [6.45, 7) is 1.18. The van der Waals surface area contributed by atoms with Gasteiger partial charge in [-0.3, -0.25) is 4.90 Å². The van der Waals surface area contributed by atoms with Gasteiger partial charge in [0.2, 0.25) is 0 Å². The summed E-state index contributed by atoms with van der Waals surface area (Å²) in [5, 5.41) is 2.87. The Hall–Kier alpha value is -1.91. The summed E-state index contributed by atoms with van der Waals surface area (Å²) < 4.78 is 35.4. The third-order valence-electron chi connectivity index (χ3n) is 4.56. The van der Waals surface area contributed by atoms with Crippen LogP contribution in [0, 0.1) is 0 Å². The van der Waals surface area contributed by atoms with Crippen molar-refractivity contribution in [1.82, 2.24) is 15.1 Å². The fourth-order valence-electron chi connectivity index (χ4n) is 3.07. The minimum atomic E-state index is -2.92. The number of rotatable bonds is 7. The maximum atomic E-state index is 12.4. The van der Waals surface area contributed by atoms with Gasteiger partial charge in [0.15, 0.2) is 11.5 Å². The third-order valence-corrected chi connectivity index (χ3v) is 6.16. The fourth-order valence-corrected chi connectivity index (χ4v) is 4.60. The number of alkyl halides is 2. The van der Waals surface area contributed by atoms with E-state index in [-0.39, 0.29) is 24.1 Å². The molecule has 1 aliphatic heterocycles. The number of methoxy groups -OCH3 is 1. The van der Waals surface area contributed by atoms with Gasteiger partial charge in [0.25, 0.3) is 0 Å². The number of nitrogens with zero attached hydrogens (tertiary/aromatic N) is 2. The van der Waals surface area contributed by atoms with E-state index in [1.165, 1.54) is 18.1 Å². The topological polar surface area (TPSA) is 54.0 Å². The lowest BCUT2D eigenvalue weighted by Crippen LogP contribution is -2.51. The predicted molar refractivity (Wildman–Crippen MR) is 111 cm³/mol. The number of halogens is 3. The molecule has 6 nitrogen and oxygen atoms in total. The quantitative estimate of drug-likeness (QED) is 0.634. The molecule has 29 heavy (non-hydrogen) atoms. The molecule has 0 unspecified atom stereocenters. The first-order valence-corrected chi connectivity index (χ1v) is 10.7. The van der Waals surface area contributed by atoms with Gasteiger partial charge in [0.05, 0.1) is 10.9 Å². The van der Waals surface area contributed by atoms with Crippen molar-refractivity contribution in [3.63, 3.8) is 0 Å². The molecule has 1 aliphatic rings. The molecule has 1 saturated heterocycles. The molecular formula is C19H22BrF2N3O3S. The van der Waals surface area contributed by atoms with E-state index in [0.717, 1.165) is 29.0 Å². The first-order valence-electron chi connectivity index (χ1n) is 9.05. The summed E-state index contributed by atoms with van der Waals surface area (Å²) >= 11 is 5.20.